The molecular weight excluding hydrogens is 828 g/mol. The molecule has 4 atom stereocenters. The number of nitrogens with zero attached hydrogens (tertiary/aromatic N) is 6. The monoisotopic (exact) mass is 874 g/mol. The van der Waals surface area contributed by atoms with E-state index in [4.69, 9.17) is 18.9 Å². The lowest BCUT2D eigenvalue weighted by Gasteiger charge is -2.47. The van der Waals surface area contributed by atoms with E-state index >= 15 is 22.0 Å². The van der Waals surface area contributed by atoms with Gasteiger partial charge in [-0.25, -0.2) is 23.2 Å². The number of methoxy groups -OCH3 is 2. The van der Waals surface area contributed by atoms with Crippen molar-refractivity contribution in [2.24, 2.45) is 0 Å². The predicted molar refractivity (Wildman–Crippen MR) is 222 cm³/mol. The Morgan fingerprint density at radius 1 is 0.937 bits per heavy atom. The first-order chi connectivity index (χ1) is 29.9. The van der Waals surface area contributed by atoms with Crippen LogP contribution < -0.4 is 19.1 Å². The minimum Gasteiger partial charge on any atom is -0.497 e. The third-order valence-corrected chi connectivity index (χ3v) is 11.8. The molecule has 0 unspecified atom stereocenters. The highest BCUT2D eigenvalue weighted by Crippen LogP contribution is 2.47. The van der Waals surface area contributed by atoms with Gasteiger partial charge in [0.25, 0.3) is 5.91 Å². The maximum atomic E-state index is 17.7. The standard InChI is InChI=1S/C46H47F5N6O6/c1-25-36(46(49,50)51)32(21-34(37(25)47)54(22-27-9-14-30(60-6)15-10-27)23-28-11-16-31(61-7)17-12-28)39-38(48)41(56-20-8-19-52-56)35-42(53-39)62-26(2)40-33-18-13-29(24-55(40)43(35)58)57(33)44(59)63-45(3,4)5/h8-12,14-17,19-21,26,29,33,40H,13,18,22-24H2,1-7H3/t26-,29+,33-,40+/m0/s1. The summed E-state index contributed by atoms with van der Waals surface area (Å²) < 4.78 is 104. The van der Waals surface area contributed by atoms with Gasteiger partial charge in [0.2, 0.25) is 5.88 Å². The zero-order chi connectivity index (χ0) is 45.1. The number of ether oxygens (including phenoxy) is 4. The summed E-state index contributed by atoms with van der Waals surface area (Å²) in [5.74, 6) is -2.48. The first kappa shape index (κ1) is 43.3. The lowest BCUT2D eigenvalue weighted by Crippen LogP contribution is -2.65. The van der Waals surface area contributed by atoms with Crippen molar-refractivity contribution in [3.63, 3.8) is 0 Å². The smallest absolute Gasteiger partial charge is 0.417 e. The van der Waals surface area contributed by atoms with Gasteiger partial charge in [0.05, 0.1) is 43.6 Å². The molecule has 2 amide bonds. The van der Waals surface area contributed by atoms with Gasteiger partial charge in [0, 0.05) is 37.6 Å². The van der Waals surface area contributed by atoms with Crippen molar-refractivity contribution >= 4 is 17.7 Å². The van der Waals surface area contributed by atoms with Crippen molar-refractivity contribution in [2.75, 3.05) is 25.7 Å². The van der Waals surface area contributed by atoms with Gasteiger partial charge in [-0.3, -0.25) is 9.69 Å². The van der Waals surface area contributed by atoms with E-state index in [2.05, 4.69) is 10.1 Å². The number of amides is 2. The van der Waals surface area contributed by atoms with Crippen molar-refractivity contribution in [1.82, 2.24) is 24.6 Å². The van der Waals surface area contributed by atoms with Crippen LogP contribution in [0.4, 0.5) is 32.4 Å². The number of carbonyl (C=O) groups is 2. The van der Waals surface area contributed by atoms with Gasteiger partial charge in [0.15, 0.2) is 5.82 Å². The Labute approximate surface area is 361 Å². The minimum atomic E-state index is -5.20. The quantitative estimate of drug-likeness (QED) is 0.134. The summed E-state index contributed by atoms with van der Waals surface area (Å²) in [5, 5.41) is 4.20. The number of pyridine rings is 1. The van der Waals surface area contributed by atoms with E-state index in [0.717, 1.165) is 17.7 Å². The van der Waals surface area contributed by atoms with E-state index in [1.54, 1.807) is 86.0 Å². The Bertz CT molecular complexity index is 2480. The average molecular weight is 875 g/mol. The summed E-state index contributed by atoms with van der Waals surface area (Å²) in [5.41, 5.74) is -4.41. The Morgan fingerprint density at radius 2 is 1.56 bits per heavy atom. The topological polar surface area (TPSA) is 111 Å². The van der Waals surface area contributed by atoms with Gasteiger partial charge in [0.1, 0.15) is 46.0 Å². The number of alkyl halides is 3. The van der Waals surface area contributed by atoms with E-state index in [9.17, 15) is 9.59 Å². The molecule has 2 aromatic heterocycles. The van der Waals surface area contributed by atoms with E-state index in [0.29, 0.717) is 35.5 Å². The van der Waals surface area contributed by atoms with Crippen LogP contribution in [-0.2, 0) is 24.0 Å². The summed E-state index contributed by atoms with van der Waals surface area (Å²) in [6.07, 6.45) is -2.87. The summed E-state index contributed by atoms with van der Waals surface area (Å²) in [7, 11) is 3.02. The molecule has 2 saturated heterocycles. The third kappa shape index (κ3) is 8.08. The van der Waals surface area contributed by atoms with Crippen molar-refractivity contribution in [3.05, 3.63) is 113 Å². The molecule has 2 bridgehead atoms. The SMILES string of the molecule is COc1ccc(CN(Cc2ccc(OC)cc2)c2cc(-c3nc4c(c(-n5cccn5)c3F)C(=O)N3C[C@H]5CC[C@@H]([C@H]3[C@H](C)O4)N5C(=O)OC(C)(C)C)c(C(F)(F)F)c(C)c2F)cc1. The van der Waals surface area contributed by atoms with Gasteiger partial charge in [-0.15, -0.1) is 0 Å². The van der Waals surface area contributed by atoms with Crippen LogP contribution >= 0.6 is 0 Å². The Hall–Kier alpha value is -6.39. The van der Waals surface area contributed by atoms with Crippen molar-refractivity contribution < 1.29 is 50.5 Å². The highest BCUT2D eigenvalue weighted by Gasteiger charge is 2.55. The second-order valence-corrected chi connectivity index (χ2v) is 17.0. The van der Waals surface area contributed by atoms with E-state index in [1.165, 1.54) is 37.6 Å². The van der Waals surface area contributed by atoms with Gasteiger partial charge in [-0.1, -0.05) is 24.3 Å². The summed E-state index contributed by atoms with van der Waals surface area (Å²) in [6, 6.07) is 14.5. The first-order valence-corrected chi connectivity index (χ1v) is 20.5. The average Bonchev–Trinajstić information content (AvgIpc) is 3.85. The maximum absolute atomic E-state index is 17.7. The van der Waals surface area contributed by atoms with Crippen LogP contribution in [-0.4, -0.2) is 87.2 Å². The summed E-state index contributed by atoms with van der Waals surface area (Å²) in [6.45, 7) is 8.02. The van der Waals surface area contributed by atoms with Crippen LogP contribution in [0.15, 0.2) is 73.1 Å². The Balaban J connectivity index is 1.30. The van der Waals surface area contributed by atoms with Crippen molar-refractivity contribution in [3.8, 4) is 34.3 Å². The van der Waals surface area contributed by atoms with E-state index in [1.807, 2.05) is 0 Å². The molecule has 0 saturated carbocycles. The highest BCUT2D eigenvalue weighted by molar-refractivity contribution is 6.02. The van der Waals surface area contributed by atoms with Crippen LogP contribution in [0, 0.1) is 18.6 Å². The normalized spacial score (nSPS) is 19.5. The number of halogens is 5. The number of hydrogen-bond donors (Lipinski definition) is 0. The molecule has 17 heteroatoms. The highest BCUT2D eigenvalue weighted by atomic mass is 19.4. The number of benzene rings is 3. The zero-order valence-corrected chi connectivity index (χ0v) is 35.8. The Kier molecular flexibility index (Phi) is 11.3. The van der Waals surface area contributed by atoms with Crippen molar-refractivity contribution in [2.45, 2.75) is 96.6 Å². The lowest BCUT2D eigenvalue weighted by atomic mass is 9.94. The molecule has 3 aliphatic rings. The molecule has 63 heavy (non-hydrogen) atoms. The fourth-order valence-corrected chi connectivity index (χ4v) is 9.05. The fraction of sp³-hybridized carbons (Fsp3) is 0.391. The van der Waals surface area contributed by atoms with E-state index in [-0.39, 0.29) is 30.9 Å². The molecule has 3 aliphatic heterocycles. The molecule has 5 heterocycles. The lowest BCUT2D eigenvalue weighted by molar-refractivity contribution is -0.137. The molecule has 3 aromatic carbocycles. The number of hydrogen-bond acceptors (Lipinski definition) is 9. The van der Waals surface area contributed by atoms with Gasteiger partial charge < -0.3 is 28.7 Å². The number of aromatic nitrogens is 3. The van der Waals surface area contributed by atoms with Crippen LogP contribution in [0.2, 0.25) is 0 Å². The largest absolute Gasteiger partial charge is 0.497 e. The maximum Gasteiger partial charge on any atom is 0.417 e. The molecule has 2 fully saturated rings. The van der Waals surface area contributed by atoms with Crippen LogP contribution in [0.25, 0.3) is 16.9 Å². The molecule has 0 radical (unpaired) electrons. The first-order valence-electron chi connectivity index (χ1n) is 20.5. The number of anilines is 1. The molecular formula is C46H47F5N6O6. The van der Waals surface area contributed by atoms with E-state index < -0.39 is 93.6 Å². The molecule has 8 rings (SSSR count). The zero-order valence-electron chi connectivity index (χ0n) is 35.8. The predicted octanol–water partition coefficient (Wildman–Crippen LogP) is 9.14. The third-order valence-electron chi connectivity index (χ3n) is 11.8. The molecule has 12 nitrogen and oxygen atoms in total. The van der Waals surface area contributed by atoms with Crippen molar-refractivity contribution in [1.29, 1.82) is 0 Å². The number of carbonyl (C=O) groups excluding carboxylic acids is 2. The number of rotatable bonds is 9. The number of piperazine rings is 1. The molecule has 0 spiro atoms. The molecule has 5 aromatic rings. The van der Waals surface area contributed by atoms with Gasteiger partial charge in [-0.2, -0.15) is 18.3 Å². The summed E-state index contributed by atoms with van der Waals surface area (Å²) in [4.78, 5) is 37.6. The van der Waals surface area contributed by atoms with Gasteiger partial charge in [-0.05, 0) is 101 Å². The van der Waals surface area contributed by atoms with Gasteiger partial charge >= 0.3 is 12.3 Å². The summed E-state index contributed by atoms with van der Waals surface area (Å²) >= 11 is 0. The molecule has 332 valence electrons. The van der Waals surface area contributed by atoms with Crippen LogP contribution in [0.5, 0.6) is 17.4 Å². The number of fused-ring (bicyclic) bond motifs is 5. The minimum absolute atomic E-state index is 0.0185. The van der Waals surface area contributed by atoms with Crippen LogP contribution in [0.3, 0.4) is 0 Å². The fourth-order valence-electron chi connectivity index (χ4n) is 9.05. The molecule has 0 aliphatic carbocycles. The van der Waals surface area contributed by atoms with Crippen LogP contribution in [0.1, 0.15) is 73.1 Å². The second kappa shape index (κ2) is 16.4. The second-order valence-electron chi connectivity index (χ2n) is 17.0. The Morgan fingerprint density at radius 3 is 2.10 bits per heavy atom. The molecule has 0 N–H and O–H groups in total.